The summed E-state index contributed by atoms with van der Waals surface area (Å²) in [5.74, 6) is -2.09. The Labute approximate surface area is 185 Å². The number of amides is 1. The van der Waals surface area contributed by atoms with Crippen LogP contribution in [0.3, 0.4) is 0 Å². The first-order valence-electron chi connectivity index (χ1n) is 9.93. The first kappa shape index (κ1) is 21.8. The van der Waals surface area contributed by atoms with E-state index in [2.05, 4.69) is 13.8 Å². The van der Waals surface area contributed by atoms with E-state index in [4.69, 9.17) is 4.42 Å². The van der Waals surface area contributed by atoms with Gasteiger partial charge in [-0.2, -0.15) is 20.2 Å². The molecule has 0 saturated carbocycles. The molecule has 0 atom stereocenters. The van der Waals surface area contributed by atoms with E-state index in [9.17, 15) is 22.8 Å². The maximum Gasteiger partial charge on any atom is 0.297 e. The van der Waals surface area contributed by atoms with Gasteiger partial charge in [-0.05, 0) is 49.0 Å². The van der Waals surface area contributed by atoms with Gasteiger partial charge in [0.05, 0.1) is 11.3 Å². The number of hydrogen-bond acceptors (Lipinski definition) is 7. The molecule has 7 nitrogen and oxygen atoms in total. The van der Waals surface area contributed by atoms with Gasteiger partial charge in [-0.15, -0.1) is 0 Å². The van der Waals surface area contributed by atoms with Crippen molar-refractivity contribution in [3.8, 4) is 11.3 Å². The summed E-state index contributed by atoms with van der Waals surface area (Å²) in [4.78, 5) is 38.0. The molecule has 0 unspecified atom stereocenters. The minimum Gasteiger partial charge on any atom is -0.442 e. The average Bonchev–Trinajstić information content (AvgIpc) is 3.03. The lowest BCUT2D eigenvalue weighted by atomic mass is 9.69. The minimum atomic E-state index is -4.33. The molecule has 0 fully saturated rings. The molecule has 0 bridgehead atoms. The number of ketones is 2. The second kappa shape index (κ2) is 7.34. The molecule has 0 saturated heterocycles. The molecule has 1 aromatic carbocycles. The molecule has 1 heterocycles. The van der Waals surface area contributed by atoms with E-state index in [0.717, 1.165) is 24.0 Å². The largest absolute Gasteiger partial charge is 0.442 e. The molecule has 0 spiro atoms. The third kappa shape index (κ3) is 3.34. The molecule has 2 aliphatic carbocycles. The van der Waals surface area contributed by atoms with Crippen LogP contribution in [0.2, 0.25) is 0 Å². The first-order valence-corrected chi connectivity index (χ1v) is 12.8. The Hall–Kier alpha value is -2.39. The summed E-state index contributed by atoms with van der Waals surface area (Å²) < 4.78 is 33.1. The van der Waals surface area contributed by atoms with E-state index in [-0.39, 0.29) is 28.1 Å². The number of carbonyl (C=O) groups excluding carboxylic acids is 3. The predicted octanol–water partition coefficient (Wildman–Crippen LogP) is 3.42. The summed E-state index contributed by atoms with van der Waals surface area (Å²) in [7, 11) is -4.33. The van der Waals surface area contributed by atoms with Crippen molar-refractivity contribution in [3.63, 3.8) is 0 Å². The standard InChI is InChI=1S/C22H23NO6S2/c1-11-16-18(25)19(26)17-12-6-5-9-22(2,3)14(12)8-7-13(17)20(16)29-21(11)31(27,28)23-15(24)10-30-4/h7-8H,5-6,9-10H2,1-4H3,(H,23,24). The minimum absolute atomic E-state index is 0.0292. The van der Waals surface area contributed by atoms with Crippen LogP contribution < -0.4 is 4.72 Å². The summed E-state index contributed by atoms with van der Waals surface area (Å²) in [6.45, 7) is 5.63. The van der Waals surface area contributed by atoms with Gasteiger partial charge in [-0.3, -0.25) is 14.4 Å². The number of thioether (sulfide) groups is 1. The van der Waals surface area contributed by atoms with E-state index < -0.39 is 32.6 Å². The third-order valence-corrected chi connectivity index (χ3v) is 7.97. The third-order valence-electron chi connectivity index (χ3n) is 6.05. The molecule has 1 aromatic heterocycles. The quantitative estimate of drug-likeness (QED) is 0.695. The number of carbonyl (C=O) groups is 3. The topological polar surface area (TPSA) is 111 Å². The fourth-order valence-electron chi connectivity index (χ4n) is 4.63. The second-order valence-corrected chi connectivity index (χ2v) is 11.0. The number of fused-ring (bicyclic) bond motifs is 5. The van der Waals surface area contributed by atoms with E-state index in [1.165, 1.54) is 18.7 Å². The number of benzene rings is 1. The first-order chi connectivity index (χ1) is 14.5. The van der Waals surface area contributed by atoms with Crippen molar-refractivity contribution in [2.24, 2.45) is 0 Å². The zero-order chi connectivity index (χ0) is 22.7. The van der Waals surface area contributed by atoms with Crippen LogP contribution in [0.4, 0.5) is 0 Å². The van der Waals surface area contributed by atoms with E-state index in [1.807, 2.05) is 10.8 Å². The summed E-state index contributed by atoms with van der Waals surface area (Å²) in [6.07, 6.45) is 4.21. The van der Waals surface area contributed by atoms with E-state index >= 15 is 0 Å². The number of rotatable bonds is 4. The van der Waals surface area contributed by atoms with Gasteiger partial charge in [0.15, 0.2) is 0 Å². The molecular weight excluding hydrogens is 438 g/mol. The Morgan fingerprint density at radius 2 is 1.87 bits per heavy atom. The number of Topliss-reactive ketones (excluding diaryl/α,β-unsaturated/α-hetero) is 2. The van der Waals surface area contributed by atoms with Gasteiger partial charge < -0.3 is 4.42 Å². The van der Waals surface area contributed by atoms with Crippen LogP contribution in [0.15, 0.2) is 21.6 Å². The van der Waals surface area contributed by atoms with Crippen LogP contribution in [0.1, 0.15) is 64.1 Å². The van der Waals surface area contributed by atoms with Crippen LogP contribution >= 0.6 is 11.8 Å². The fourth-order valence-corrected chi connectivity index (χ4v) is 6.22. The van der Waals surface area contributed by atoms with Crippen molar-refractivity contribution in [3.05, 3.63) is 39.9 Å². The molecule has 164 valence electrons. The average molecular weight is 462 g/mol. The van der Waals surface area contributed by atoms with Gasteiger partial charge in [-0.1, -0.05) is 26.0 Å². The Bertz CT molecular complexity index is 1250. The van der Waals surface area contributed by atoms with Gasteiger partial charge in [-0.25, -0.2) is 4.72 Å². The number of nitrogens with one attached hydrogen (secondary N) is 1. The zero-order valence-corrected chi connectivity index (χ0v) is 19.4. The number of sulfonamides is 1. The maximum atomic E-state index is 13.1. The molecule has 1 amide bonds. The maximum absolute atomic E-state index is 13.1. The summed E-state index contributed by atoms with van der Waals surface area (Å²) in [5, 5.41) is -0.515. The molecule has 31 heavy (non-hydrogen) atoms. The molecule has 0 radical (unpaired) electrons. The number of furan rings is 1. The van der Waals surface area contributed by atoms with Crippen molar-refractivity contribution in [2.75, 3.05) is 12.0 Å². The molecular formula is C22H23NO6S2. The smallest absolute Gasteiger partial charge is 0.297 e. The summed E-state index contributed by atoms with van der Waals surface area (Å²) in [6, 6.07) is 3.67. The summed E-state index contributed by atoms with van der Waals surface area (Å²) >= 11 is 1.18. The molecule has 2 aromatic rings. The van der Waals surface area contributed by atoms with Crippen molar-refractivity contribution in [1.82, 2.24) is 4.72 Å². The fraction of sp³-hybridized carbons (Fsp3) is 0.409. The highest BCUT2D eigenvalue weighted by atomic mass is 32.2. The van der Waals surface area contributed by atoms with Crippen molar-refractivity contribution >= 4 is 39.3 Å². The lowest BCUT2D eigenvalue weighted by molar-refractivity contribution is -0.116. The zero-order valence-electron chi connectivity index (χ0n) is 17.7. The highest BCUT2D eigenvalue weighted by Gasteiger charge is 2.42. The Morgan fingerprint density at radius 1 is 1.19 bits per heavy atom. The predicted molar refractivity (Wildman–Crippen MR) is 117 cm³/mol. The lowest BCUT2D eigenvalue weighted by Crippen LogP contribution is -2.32. The molecule has 2 aliphatic rings. The monoisotopic (exact) mass is 461 g/mol. The molecule has 4 rings (SSSR count). The second-order valence-electron chi connectivity index (χ2n) is 8.59. The van der Waals surface area contributed by atoms with Crippen molar-refractivity contribution in [2.45, 2.75) is 50.5 Å². The van der Waals surface area contributed by atoms with Gasteiger partial charge in [0, 0.05) is 16.7 Å². The van der Waals surface area contributed by atoms with Gasteiger partial charge in [0.2, 0.25) is 22.6 Å². The SMILES string of the molecule is CSCC(=O)NS(=O)(=O)c1oc2c(c1C)C(=O)C(=O)c1c-2ccc2c1CCCC2(C)C. The molecule has 0 aliphatic heterocycles. The highest BCUT2D eigenvalue weighted by Crippen LogP contribution is 2.46. The normalized spacial score (nSPS) is 17.0. The lowest BCUT2D eigenvalue weighted by Gasteiger charge is -2.34. The van der Waals surface area contributed by atoms with Crippen molar-refractivity contribution < 1.29 is 27.2 Å². The van der Waals surface area contributed by atoms with Gasteiger partial charge >= 0.3 is 0 Å². The van der Waals surface area contributed by atoms with E-state index in [0.29, 0.717) is 17.5 Å². The number of hydrogen-bond donors (Lipinski definition) is 1. The van der Waals surface area contributed by atoms with Crippen LogP contribution in [0.5, 0.6) is 0 Å². The summed E-state index contributed by atoms with van der Waals surface area (Å²) in [5.41, 5.74) is 2.46. The van der Waals surface area contributed by atoms with Crippen LogP contribution in [-0.2, 0) is 26.7 Å². The Kier molecular flexibility index (Phi) is 5.17. The van der Waals surface area contributed by atoms with Crippen LogP contribution in [-0.4, -0.2) is 37.9 Å². The molecule has 9 heteroatoms. The van der Waals surface area contributed by atoms with Crippen LogP contribution in [0, 0.1) is 6.92 Å². The Morgan fingerprint density at radius 3 is 2.55 bits per heavy atom. The van der Waals surface area contributed by atoms with Gasteiger partial charge in [0.1, 0.15) is 5.76 Å². The van der Waals surface area contributed by atoms with Gasteiger partial charge in [0.25, 0.3) is 10.0 Å². The van der Waals surface area contributed by atoms with Crippen LogP contribution in [0.25, 0.3) is 11.3 Å². The molecule has 1 N–H and O–H groups in total. The van der Waals surface area contributed by atoms with Crippen molar-refractivity contribution in [1.29, 1.82) is 0 Å². The highest BCUT2D eigenvalue weighted by molar-refractivity contribution is 7.99. The Balaban J connectivity index is 1.91. The van der Waals surface area contributed by atoms with E-state index in [1.54, 1.807) is 12.3 Å².